The van der Waals surface area contributed by atoms with Gasteiger partial charge in [-0.05, 0) is 205 Å². The van der Waals surface area contributed by atoms with Crippen molar-refractivity contribution in [1.82, 2.24) is 50.7 Å². The van der Waals surface area contributed by atoms with Gasteiger partial charge in [-0.15, -0.1) is 0 Å². The second-order valence-electron chi connectivity index (χ2n) is 49.7. The van der Waals surface area contributed by atoms with Crippen LogP contribution >= 0.6 is 0 Å². The zero-order chi connectivity index (χ0) is 102. The number of aromatic nitrogens is 2. The number of carbonyl (C=O) groups excluding carboxylic acids is 14. The van der Waals surface area contributed by atoms with Crippen LogP contribution in [0.15, 0.2) is 36.4 Å². The lowest BCUT2D eigenvalue weighted by Crippen LogP contribution is -2.63. The number of fused-ring (bicyclic) bond motifs is 8. The number of piperidine rings is 2. The maximum absolute atomic E-state index is 14.6. The molecule has 31 nitrogen and oxygen atoms in total. The first-order valence-electron chi connectivity index (χ1n) is 52.5. The topological polar surface area (TPSA) is 447 Å². The van der Waals surface area contributed by atoms with Crippen LogP contribution in [0.1, 0.15) is 342 Å². The minimum Gasteiger partial charge on any atom is -0.471 e. The zero-order valence-corrected chi connectivity index (χ0v) is 88.2. The summed E-state index contributed by atoms with van der Waals surface area (Å²) < 4.78 is 65.7. The minimum absolute atomic E-state index is 0.0304. The molecule has 6 heterocycles. The van der Waals surface area contributed by atoms with Crippen molar-refractivity contribution in [3.8, 4) is 5.88 Å². The Kier molecular flexibility index (Phi) is 32.8. The molecular formula is C107H161N11O20S2. The number of Topliss-reactive ketones (excluding diaryl/α,β-unsaturated/α-hetero) is 5. The summed E-state index contributed by atoms with van der Waals surface area (Å²) in [5.41, 5.74) is 3.51. The lowest BCUT2D eigenvalue weighted by molar-refractivity contribution is -0.151. The normalized spacial score (nSPS) is 29.0. The lowest BCUT2D eigenvalue weighted by Gasteiger charge is -2.41. The van der Waals surface area contributed by atoms with Gasteiger partial charge in [-0.25, -0.2) is 31.6 Å². The molecule has 33 heteroatoms. The Labute approximate surface area is 829 Å². The Hall–Kier alpha value is -8.62. The van der Waals surface area contributed by atoms with E-state index in [0.29, 0.717) is 101 Å². The van der Waals surface area contributed by atoms with E-state index < -0.39 is 158 Å². The number of hydrogen-bond donors (Lipinski definition) is 6. The quantitative estimate of drug-likeness (QED) is 0.0262. The standard InChI is InChI=1S/C40H51N5O8S.C37H62N4O7S.C30H48N2O5/c1-39(18-19-39)54(50,51)44-38(49)40-23-27(40)14-8-4-2-3-6-13-26-21-34(46)53-33-20-25(33)12-7-5-9-17-31-36(42-30-16-11-10-15-29(30)41-31)52-28-22-32(35(47)43-40)45(24-28)37(26)48;1-10-11-15-23(29(43)31(44)38-24-16-17-24)20-26(42)28-27-25(36(27,8)9)21-41(28)32(45)30(34(2,3)4)39-33(46)40-37(18-13-12-14-19-37)22-49(47,48)35(5,6)7;1-28(2,3)15-19(33)14-20(29(4,5)6)27(37)32-16-21-23(30(21,7)8)24(32)22(34)13-18(25(35)26(31)36)12-17-10-9-11-17/h8,10-11,14-16,25-28,32-33H,2-7,9,12-13,17-24H2,1H3,(H,43,47)(H,44,49);23-25,27-28,30H,10-22H2,1-9H3,(H,38,44)(H2,39,40,46);17-18,20-21,23-24H,9-16H2,1-8H3,(H2,31,36)/b14-8-;;/t25-,26-,27-,28-,32+,33-,40-;23-,25-,27-,28+,30+;18-,20+,21-,23-,24+/m100/s1. The van der Waals surface area contributed by atoms with Crippen molar-refractivity contribution in [3.05, 3.63) is 42.1 Å². The van der Waals surface area contributed by atoms with Crippen molar-refractivity contribution in [1.29, 1.82) is 0 Å². The first kappa shape index (κ1) is 109. The third-order valence-corrected chi connectivity index (χ3v) is 38.4. The number of aryl methyl sites for hydroxylation is 1. The van der Waals surface area contributed by atoms with E-state index in [4.69, 9.17) is 25.2 Å². The first-order valence-corrected chi connectivity index (χ1v) is 55.6. The Morgan fingerprint density at radius 2 is 1.25 bits per heavy atom. The number of nitrogens with two attached hydrogens (primary N) is 1. The number of nitrogens with one attached hydrogen (secondary N) is 5. The number of allylic oxidation sites excluding steroid dienone is 1. The second kappa shape index (κ2) is 42.2. The molecule has 2 aromatic rings. The van der Waals surface area contributed by atoms with Crippen molar-refractivity contribution in [2.75, 3.05) is 25.4 Å². The third-order valence-electron chi connectivity index (χ3n) is 33.4. The molecule has 776 valence electrons. The fourth-order valence-electron chi connectivity index (χ4n) is 23.2. The second-order valence-corrected chi connectivity index (χ2v) is 54.7. The summed E-state index contributed by atoms with van der Waals surface area (Å²) in [7, 11) is -7.52. The summed E-state index contributed by atoms with van der Waals surface area (Å²) in [6.07, 6.45) is 24.4. The molecule has 5 aliphatic heterocycles. The van der Waals surface area contributed by atoms with Crippen LogP contribution in [-0.2, 0) is 93.3 Å². The van der Waals surface area contributed by atoms with Crippen molar-refractivity contribution in [2.45, 2.75) is 406 Å². The molecule has 3 saturated heterocycles. The van der Waals surface area contributed by atoms with E-state index in [9.17, 15) is 84.0 Å². The number of ketones is 5. The van der Waals surface area contributed by atoms with Gasteiger partial charge in [-0.3, -0.25) is 67.1 Å². The number of ether oxygens (including phenoxy) is 2. The van der Waals surface area contributed by atoms with Crippen LogP contribution in [0.25, 0.3) is 11.0 Å². The van der Waals surface area contributed by atoms with Crippen molar-refractivity contribution in [3.63, 3.8) is 0 Å². The smallest absolute Gasteiger partial charge is 0.315 e. The SMILES string of the molecule is CC(C)(C)CC(=O)C[C@H](C(=O)N1C[C@H]2[C@@H]([C@H]1C(=O)C[C@H](CC1CCC1)C(=O)C(N)=O)C2(C)C)C(C)(C)C.CC1(S(=O)(=O)NC(=O)[C@@]23C[C@H]2/C=C\CCCCC[C@@H]2CC(=O)O[C@@H]4C[C@H]4CCCCCc4nc5ccccc5nc4O[C@@H]4C[C@@H](C(=O)N3)N(C4)C2=O)CC1.CCCC[C@@H](CC(=O)[C@@H]1[C@@H]2[C@H](CN1C(=O)[C@@H](NC(=O)NC1(CS(=O)(=O)C(C)(C)C)CCCCC1)C(C)(C)C)C2(C)C)C(=O)C(=O)NC1CC1. The van der Waals surface area contributed by atoms with E-state index in [2.05, 4.69) is 53.7 Å². The Balaban J connectivity index is 0.000000180. The number of sulfone groups is 1. The molecule has 13 aliphatic rings. The molecule has 0 radical (unpaired) electrons. The average molecular weight is 1990 g/mol. The predicted octanol–water partition coefficient (Wildman–Crippen LogP) is 13.5. The average Bonchev–Trinajstić information content (AvgIpc) is 1.52. The van der Waals surface area contributed by atoms with Crippen LogP contribution in [-0.4, -0.2) is 212 Å². The summed E-state index contributed by atoms with van der Waals surface area (Å²) in [4.78, 5) is 204. The van der Waals surface area contributed by atoms with Crippen LogP contribution in [0.4, 0.5) is 4.79 Å². The first-order chi connectivity index (χ1) is 65.3. The van der Waals surface area contributed by atoms with Gasteiger partial charge in [0.05, 0.1) is 56.9 Å². The number of esters is 1. The fourth-order valence-corrected chi connectivity index (χ4v) is 26.1. The number of sulfonamides is 1. The number of hydrogen-bond acceptors (Lipinski definition) is 22. The van der Waals surface area contributed by atoms with Crippen LogP contribution in [0, 0.1) is 92.2 Å². The van der Waals surface area contributed by atoms with Crippen molar-refractivity contribution < 1.29 is 93.4 Å². The molecule has 1 aromatic heterocycles. The van der Waals surface area contributed by atoms with Gasteiger partial charge in [0.25, 0.3) is 17.7 Å². The number of likely N-dealkylation sites (tertiary alicyclic amines) is 2. The summed E-state index contributed by atoms with van der Waals surface area (Å²) in [6.45, 7) is 35.5. The van der Waals surface area contributed by atoms with Crippen LogP contribution < -0.4 is 36.5 Å². The van der Waals surface area contributed by atoms with Gasteiger partial charge in [-0.1, -0.05) is 198 Å². The molecule has 1 aromatic carbocycles. The Bertz CT molecular complexity index is 5310. The number of amides is 9. The van der Waals surface area contributed by atoms with Crippen molar-refractivity contribution in [2.24, 2.45) is 97.9 Å². The molecule has 9 amide bonds. The van der Waals surface area contributed by atoms with Gasteiger partial charge in [0.1, 0.15) is 41.3 Å². The molecule has 8 saturated carbocycles. The molecule has 7 N–H and O–H groups in total. The highest BCUT2D eigenvalue weighted by molar-refractivity contribution is 7.92. The van der Waals surface area contributed by atoms with Gasteiger partial charge in [0.15, 0.2) is 21.4 Å². The highest BCUT2D eigenvalue weighted by Gasteiger charge is 2.72. The number of primary amides is 1. The maximum Gasteiger partial charge on any atom is 0.315 e. The molecule has 3 bridgehead atoms. The molecular weight excluding hydrogens is 1820 g/mol. The fraction of sp³-hybridized carbons (Fsp3) is 0.776. The van der Waals surface area contributed by atoms with E-state index in [-0.39, 0.29) is 138 Å². The predicted molar refractivity (Wildman–Crippen MR) is 530 cm³/mol. The van der Waals surface area contributed by atoms with Gasteiger partial charge >= 0.3 is 12.0 Å². The number of unbranched alkanes of at least 4 members (excludes halogenated alkanes) is 1. The number of urea groups is 1. The van der Waals surface area contributed by atoms with Gasteiger partial charge in [0.2, 0.25) is 51.1 Å². The molecule has 0 spiro atoms. The Morgan fingerprint density at radius 3 is 1.82 bits per heavy atom. The molecule has 17 atom stereocenters. The van der Waals surface area contributed by atoms with Crippen molar-refractivity contribution >= 4 is 113 Å². The number of nitrogens with zero attached hydrogens (tertiary/aromatic N) is 5. The third kappa shape index (κ3) is 25.5. The maximum atomic E-state index is 14.6. The summed E-state index contributed by atoms with van der Waals surface area (Å²) in [6, 6.07) is 3.62. The summed E-state index contributed by atoms with van der Waals surface area (Å²) in [5.74, 6) is -7.71. The number of para-hydroxylation sites is 2. The number of carbonyl (C=O) groups is 14. The van der Waals surface area contributed by atoms with Gasteiger partial charge in [-0.2, -0.15) is 0 Å². The van der Waals surface area contributed by atoms with Crippen LogP contribution in [0.2, 0.25) is 0 Å². The van der Waals surface area contributed by atoms with E-state index >= 15 is 0 Å². The molecule has 140 heavy (non-hydrogen) atoms. The van der Waals surface area contributed by atoms with E-state index in [0.717, 1.165) is 127 Å². The molecule has 0 unspecified atom stereocenters. The monoisotopic (exact) mass is 1980 g/mol. The highest BCUT2D eigenvalue weighted by Crippen LogP contribution is 2.67. The number of benzene rings is 1. The summed E-state index contributed by atoms with van der Waals surface area (Å²) >= 11 is 0. The van der Waals surface area contributed by atoms with Gasteiger partial charge in [0, 0.05) is 80.8 Å². The lowest BCUT2D eigenvalue weighted by atomic mass is 9.74. The molecule has 15 rings (SSSR count). The van der Waals surface area contributed by atoms with E-state index in [1.807, 2.05) is 106 Å². The Morgan fingerprint density at radius 1 is 0.650 bits per heavy atom. The highest BCUT2D eigenvalue weighted by atomic mass is 32.2. The van der Waals surface area contributed by atoms with Crippen LogP contribution in [0.3, 0.4) is 0 Å². The minimum atomic E-state index is -3.97. The largest absolute Gasteiger partial charge is 0.471 e. The zero-order valence-electron chi connectivity index (χ0n) is 86.5. The summed E-state index contributed by atoms with van der Waals surface area (Å²) in [5, 5.41) is 11.6. The van der Waals surface area contributed by atoms with E-state index in [1.54, 1.807) is 37.5 Å². The molecule has 11 fully saturated rings. The van der Waals surface area contributed by atoms with Crippen LogP contribution in [0.5, 0.6) is 5.88 Å². The number of rotatable bonds is 28. The molecule has 8 aliphatic carbocycles. The van der Waals surface area contributed by atoms with E-state index in [1.165, 1.54) is 4.90 Å². The van der Waals surface area contributed by atoms with Gasteiger partial charge < -0.3 is 51.2 Å².